The molecule has 1 aliphatic carbocycles. The molecular weight excluding hydrogens is 312 g/mol. The largest absolute Gasteiger partial charge is 0.337 e. The van der Waals surface area contributed by atoms with Gasteiger partial charge in [-0.25, -0.2) is 9.50 Å². The van der Waals surface area contributed by atoms with E-state index < -0.39 is 5.54 Å². The topological polar surface area (TPSA) is 96.0 Å². The van der Waals surface area contributed by atoms with Crippen LogP contribution in [0.25, 0.3) is 5.78 Å². The van der Waals surface area contributed by atoms with Gasteiger partial charge in [-0.2, -0.15) is 10.2 Å². The van der Waals surface area contributed by atoms with E-state index in [1.54, 1.807) is 23.0 Å². The fourth-order valence-electron chi connectivity index (χ4n) is 2.80. The predicted molar refractivity (Wildman–Crippen MR) is 85.7 cm³/mol. The van der Waals surface area contributed by atoms with Gasteiger partial charge in [-0.3, -0.25) is 4.79 Å². The Hall–Kier alpha value is -2.14. The van der Waals surface area contributed by atoms with Crippen molar-refractivity contribution in [1.29, 1.82) is 5.26 Å². The molecule has 8 heteroatoms. The number of hydrogen-bond donors (Lipinski definition) is 1. The molecule has 0 aromatic carbocycles. The number of aromatic nitrogens is 4. The first-order valence-electron chi connectivity index (χ1n) is 7.73. The van der Waals surface area contributed by atoms with Crippen LogP contribution in [0.1, 0.15) is 38.5 Å². The van der Waals surface area contributed by atoms with Gasteiger partial charge in [-0.05, 0) is 18.9 Å². The van der Waals surface area contributed by atoms with Crippen LogP contribution in [0, 0.1) is 11.3 Å². The van der Waals surface area contributed by atoms with Crippen LogP contribution in [0.15, 0.2) is 23.6 Å². The summed E-state index contributed by atoms with van der Waals surface area (Å²) in [6.45, 7) is 0. The molecule has 1 N–H and O–H groups in total. The Balaban J connectivity index is 1.59. The summed E-state index contributed by atoms with van der Waals surface area (Å²) in [6, 6.07) is 4.09. The molecule has 2 aromatic rings. The Morgan fingerprint density at radius 1 is 1.39 bits per heavy atom. The number of rotatable bonds is 4. The molecule has 0 spiro atoms. The predicted octanol–water partition coefficient (Wildman–Crippen LogP) is 1.95. The van der Waals surface area contributed by atoms with Gasteiger partial charge < -0.3 is 5.32 Å². The molecule has 2 aromatic heterocycles. The summed E-state index contributed by atoms with van der Waals surface area (Å²) < 4.78 is 1.57. The lowest BCUT2D eigenvalue weighted by Crippen LogP contribution is -2.47. The molecule has 0 unspecified atom stereocenters. The molecule has 0 saturated heterocycles. The van der Waals surface area contributed by atoms with Crippen LogP contribution in [-0.2, 0) is 4.79 Å². The zero-order valence-corrected chi connectivity index (χ0v) is 13.6. The molecule has 23 heavy (non-hydrogen) atoms. The van der Waals surface area contributed by atoms with Crippen molar-refractivity contribution in [2.45, 2.75) is 49.2 Å². The van der Waals surface area contributed by atoms with Crippen molar-refractivity contribution in [3.8, 4) is 6.07 Å². The lowest BCUT2D eigenvalue weighted by molar-refractivity contribution is -0.120. The van der Waals surface area contributed by atoms with Crippen LogP contribution < -0.4 is 5.32 Å². The number of hydrogen-bond acceptors (Lipinski definition) is 6. The van der Waals surface area contributed by atoms with Crippen molar-refractivity contribution >= 4 is 23.4 Å². The van der Waals surface area contributed by atoms with Gasteiger partial charge >= 0.3 is 0 Å². The van der Waals surface area contributed by atoms with Gasteiger partial charge in [0.25, 0.3) is 5.78 Å². The fourth-order valence-corrected chi connectivity index (χ4v) is 3.43. The van der Waals surface area contributed by atoms with Crippen molar-refractivity contribution in [2.75, 3.05) is 5.75 Å². The second-order valence-electron chi connectivity index (χ2n) is 5.70. The van der Waals surface area contributed by atoms with E-state index >= 15 is 0 Å². The van der Waals surface area contributed by atoms with Gasteiger partial charge in [0.2, 0.25) is 11.1 Å². The number of nitrogens with zero attached hydrogens (tertiary/aromatic N) is 5. The number of nitrogens with one attached hydrogen (secondary N) is 1. The normalized spacial score (nSPS) is 17.3. The minimum Gasteiger partial charge on any atom is -0.337 e. The molecule has 1 amide bonds. The van der Waals surface area contributed by atoms with Gasteiger partial charge in [-0.15, -0.1) is 5.10 Å². The molecule has 0 atom stereocenters. The van der Waals surface area contributed by atoms with Crippen LogP contribution >= 0.6 is 11.8 Å². The van der Waals surface area contributed by atoms with Crippen molar-refractivity contribution in [2.24, 2.45) is 0 Å². The van der Waals surface area contributed by atoms with E-state index in [1.165, 1.54) is 11.8 Å². The molecule has 1 fully saturated rings. The van der Waals surface area contributed by atoms with E-state index in [9.17, 15) is 10.1 Å². The molecule has 3 rings (SSSR count). The Bertz CT molecular complexity index is 696. The summed E-state index contributed by atoms with van der Waals surface area (Å²) in [5.74, 6) is 0.554. The molecule has 120 valence electrons. The zero-order valence-electron chi connectivity index (χ0n) is 12.7. The van der Waals surface area contributed by atoms with E-state index in [0.29, 0.717) is 10.9 Å². The van der Waals surface area contributed by atoms with Crippen molar-refractivity contribution in [3.05, 3.63) is 18.5 Å². The summed E-state index contributed by atoms with van der Waals surface area (Å²) in [5, 5.41) is 17.2. The Morgan fingerprint density at radius 2 is 2.17 bits per heavy atom. The lowest BCUT2D eigenvalue weighted by Gasteiger charge is -2.26. The summed E-state index contributed by atoms with van der Waals surface area (Å²) in [7, 11) is 0. The van der Waals surface area contributed by atoms with E-state index in [2.05, 4.69) is 26.5 Å². The molecule has 7 nitrogen and oxygen atoms in total. The third-order valence-electron chi connectivity index (χ3n) is 3.98. The third-order valence-corrected chi connectivity index (χ3v) is 4.82. The number of carbonyl (C=O) groups is 1. The second-order valence-corrected chi connectivity index (χ2v) is 6.65. The van der Waals surface area contributed by atoms with Crippen LogP contribution in [-0.4, -0.2) is 36.8 Å². The molecule has 0 aliphatic heterocycles. The van der Waals surface area contributed by atoms with Crippen LogP contribution in [0.5, 0.6) is 0 Å². The zero-order chi connectivity index (χ0) is 16.1. The molecular formula is C15H18N6OS. The highest BCUT2D eigenvalue weighted by Gasteiger charge is 2.32. The number of fused-ring (bicyclic) bond motifs is 1. The number of thioether (sulfide) groups is 1. The van der Waals surface area contributed by atoms with Gasteiger partial charge in [0.15, 0.2) is 0 Å². The highest BCUT2D eigenvalue weighted by Crippen LogP contribution is 2.26. The summed E-state index contributed by atoms with van der Waals surface area (Å²) in [4.78, 5) is 20.5. The first-order valence-corrected chi connectivity index (χ1v) is 8.72. The maximum Gasteiger partial charge on any atom is 0.253 e. The van der Waals surface area contributed by atoms with Gasteiger partial charge in [-0.1, -0.05) is 37.4 Å². The number of carbonyl (C=O) groups excluding carboxylic acids is 1. The Kier molecular flexibility index (Phi) is 4.76. The van der Waals surface area contributed by atoms with Gasteiger partial charge in [0.1, 0.15) is 5.54 Å². The summed E-state index contributed by atoms with van der Waals surface area (Å²) >= 11 is 1.25. The smallest absolute Gasteiger partial charge is 0.253 e. The SMILES string of the molecule is N#CC1(NC(=O)CSc2nc3ncccn3n2)CCCCCC1. The van der Waals surface area contributed by atoms with Gasteiger partial charge in [0, 0.05) is 12.4 Å². The van der Waals surface area contributed by atoms with E-state index in [0.717, 1.165) is 38.5 Å². The average molecular weight is 330 g/mol. The third kappa shape index (κ3) is 3.79. The fraction of sp³-hybridized carbons (Fsp3) is 0.533. The maximum absolute atomic E-state index is 12.2. The lowest BCUT2D eigenvalue weighted by atomic mass is 9.92. The maximum atomic E-state index is 12.2. The van der Waals surface area contributed by atoms with Crippen LogP contribution in [0.2, 0.25) is 0 Å². The first-order chi connectivity index (χ1) is 11.2. The Morgan fingerprint density at radius 3 is 2.87 bits per heavy atom. The first kappa shape index (κ1) is 15.7. The molecule has 2 heterocycles. The molecule has 1 saturated carbocycles. The van der Waals surface area contributed by atoms with E-state index in [-0.39, 0.29) is 11.7 Å². The van der Waals surface area contributed by atoms with Crippen molar-refractivity contribution in [3.63, 3.8) is 0 Å². The highest BCUT2D eigenvalue weighted by atomic mass is 32.2. The van der Waals surface area contributed by atoms with E-state index in [4.69, 9.17) is 0 Å². The number of amides is 1. The monoisotopic (exact) mass is 330 g/mol. The second kappa shape index (κ2) is 6.96. The van der Waals surface area contributed by atoms with Crippen molar-refractivity contribution < 1.29 is 4.79 Å². The average Bonchev–Trinajstić information content (AvgIpc) is 2.84. The molecule has 1 aliphatic rings. The minimum absolute atomic E-state index is 0.148. The van der Waals surface area contributed by atoms with Crippen molar-refractivity contribution in [1.82, 2.24) is 24.9 Å². The molecule has 0 radical (unpaired) electrons. The van der Waals surface area contributed by atoms with Crippen LogP contribution in [0.4, 0.5) is 0 Å². The summed E-state index contributed by atoms with van der Waals surface area (Å²) in [6.07, 6.45) is 9.11. The minimum atomic E-state index is -0.706. The van der Waals surface area contributed by atoms with Crippen LogP contribution in [0.3, 0.4) is 0 Å². The van der Waals surface area contributed by atoms with E-state index in [1.807, 2.05) is 0 Å². The Labute approximate surface area is 138 Å². The quantitative estimate of drug-likeness (QED) is 0.680. The summed E-state index contributed by atoms with van der Waals surface area (Å²) in [5.41, 5.74) is -0.706. The molecule has 0 bridgehead atoms. The van der Waals surface area contributed by atoms with Gasteiger partial charge in [0.05, 0.1) is 11.8 Å². The standard InChI is InChI=1S/C15H18N6OS/c16-11-15(6-3-1-2-4-7-15)19-12(22)10-23-14-18-13-17-8-5-9-21(13)20-14/h5,8-9H,1-4,6-7,10H2,(H,19,22). The number of nitriles is 1. The highest BCUT2D eigenvalue weighted by molar-refractivity contribution is 7.99.